The van der Waals surface area contributed by atoms with Gasteiger partial charge in [0.15, 0.2) is 0 Å². The second-order valence-electron chi connectivity index (χ2n) is 4.91. The molecule has 0 saturated heterocycles. The van der Waals surface area contributed by atoms with Gasteiger partial charge in [-0.05, 0) is 42.0 Å². The van der Waals surface area contributed by atoms with Gasteiger partial charge in [-0.1, -0.05) is 30.9 Å². The van der Waals surface area contributed by atoms with Crippen molar-refractivity contribution in [3.63, 3.8) is 0 Å². The van der Waals surface area contributed by atoms with Crippen LogP contribution in [0.2, 0.25) is 0 Å². The maximum Gasteiger partial charge on any atom is 0.327 e. The SMILES string of the molecule is C=CCOc1c(CC=C)cc(COP=O)c(CC=C)c1CC=C. The normalized spacial score (nSPS) is 10.3. The Balaban J connectivity index is 3.54. The Morgan fingerprint density at radius 1 is 0.913 bits per heavy atom. The molecule has 0 aromatic heterocycles. The van der Waals surface area contributed by atoms with Crippen molar-refractivity contribution in [1.82, 2.24) is 0 Å². The predicted molar refractivity (Wildman–Crippen MR) is 96.2 cm³/mol. The highest BCUT2D eigenvalue weighted by Crippen LogP contribution is 2.33. The highest BCUT2D eigenvalue weighted by atomic mass is 31.1. The molecule has 0 N–H and O–H groups in total. The molecule has 0 heterocycles. The standard InChI is InChI=1S/C19H23O3P/c1-5-9-15-13-16(14-22-23-20)17(10-6-2)18(11-7-3)19(15)21-12-8-4/h5-8,13H,1-4,9-12,14H2. The molecule has 0 fully saturated rings. The van der Waals surface area contributed by atoms with Gasteiger partial charge in [-0.3, -0.25) is 4.52 Å². The number of hydrogen-bond acceptors (Lipinski definition) is 3. The Hall–Kier alpha value is -1.96. The zero-order valence-electron chi connectivity index (χ0n) is 13.4. The van der Waals surface area contributed by atoms with E-state index in [-0.39, 0.29) is 15.3 Å². The van der Waals surface area contributed by atoms with Crippen LogP contribution in [0, 0.1) is 0 Å². The highest BCUT2D eigenvalue weighted by molar-refractivity contribution is 7.17. The molecule has 0 unspecified atom stereocenters. The van der Waals surface area contributed by atoms with E-state index < -0.39 is 0 Å². The second kappa shape index (κ2) is 10.7. The van der Waals surface area contributed by atoms with Gasteiger partial charge in [0.1, 0.15) is 12.4 Å². The molecule has 4 heteroatoms. The zero-order chi connectivity index (χ0) is 17.1. The number of hydrogen-bond donors (Lipinski definition) is 0. The van der Waals surface area contributed by atoms with Crippen molar-refractivity contribution in [2.75, 3.05) is 6.61 Å². The fraction of sp³-hybridized carbons (Fsp3) is 0.263. The lowest BCUT2D eigenvalue weighted by Crippen LogP contribution is -2.08. The number of ether oxygens (including phenoxy) is 1. The van der Waals surface area contributed by atoms with E-state index in [9.17, 15) is 4.57 Å². The van der Waals surface area contributed by atoms with Gasteiger partial charge in [-0.15, -0.1) is 19.7 Å². The van der Waals surface area contributed by atoms with Gasteiger partial charge >= 0.3 is 8.69 Å². The monoisotopic (exact) mass is 330 g/mol. The summed E-state index contributed by atoms with van der Waals surface area (Å²) in [6, 6.07) is 2.02. The molecule has 0 radical (unpaired) electrons. The molecule has 1 aromatic rings. The maximum atomic E-state index is 10.7. The summed E-state index contributed by atoms with van der Waals surface area (Å²) in [6.45, 7) is 15.9. The fourth-order valence-electron chi connectivity index (χ4n) is 2.50. The Labute approximate surface area is 140 Å². The Kier molecular flexibility index (Phi) is 8.89. The minimum atomic E-state index is -0.333. The summed E-state index contributed by atoms with van der Waals surface area (Å²) in [5.74, 6) is 0.838. The lowest BCUT2D eigenvalue weighted by molar-refractivity contribution is 0.329. The van der Waals surface area contributed by atoms with Crippen molar-refractivity contribution >= 4 is 8.69 Å². The van der Waals surface area contributed by atoms with Crippen molar-refractivity contribution in [1.29, 1.82) is 0 Å². The van der Waals surface area contributed by atoms with E-state index in [1.54, 1.807) is 6.08 Å². The molecule has 122 valence electrons. The molecule has 23 heavy (non-hydrogen) atoms. The van der Waals surface area contributed by atoms with Gasteiger partial charge in [0, 0.05) is 5.56 Å². The maximum absolute atomic E-state index is 10.7. The lowest BCUT2D eigenvalue weighted by Gasteiger charge is -2.20. The molecule has 0 amide bonds. The average molecular weight is 330 g/mol. The lowest BCUT2D eigenvalue weighted by atomic mass is 9.91. The Bertz CT molecular complexity index is 591. The second-order valence-corrected chi connectivity index (χ2v) is 5.31. The van der Waals surface area contributed by atoms with Gasteiger partial charge in [-0.2, -0.15) is 0 Å². The van der Waals surface area contributed by atoms with Crippen LogP contribution in [-0.2, 0) is 35.0 Å². The van der Waals surface area contributed by atoms with Crippen molar-refractivity contribution in [3.8, 4) is 5.75 Å². The van der Waals surface area contributed by atoms with E-state index in [0.717, 1.165) is 28.0 Å². The average Bonchev–Trinajstić information content (AvgIpc) is 2.55. The highest BCUT2D eigenvalue weighted by Gasteiger charge is 2.17. The molecule has 1 aromatic carbocycles. The molecule has 0 aliphatic rings. The van der Waals surface area contributed by atoms with Gasteiger partial charge < -0.3 is 4.74 Å². The summed E-state index contributed by atoms with van der Waals surface area (Å²) in [7, 11) is -0.333. The quantitative estimate of drug-likeness (QED) is 0.392. The molecule has 0 bridgehead atoms. The van der Waals surface area contributed by atoms with Gasteiger partial charge in [0.2, 0.25) is 0 Å². The Morgan fingerprint density at radius 3 is 2.13 bits per heavy atom. The van der Waals surface area contributed by atoms with Crippen LogP contribution in [0.4, 0.5) is 0 Å². The van der Waals surface area contributed by atoms with Gasteiger partial charge in [0.05, 0.1) is 6.61 Å². The summed E-state index contributed by atoms with van der Waals surface area (Å²) in [5, 5.41) is 0. The topological polar surface area (TPSA) is 35.5 Å². The van der Waals surface area contributed by atoms with Crippen LogP contribution < -0.4 is 4.74 Å². The van der Waals surface area contributed by atoms with Crippen LogP contribution in [0.1, 0.15) is 22.3 Å². The molecule has 1 rings (SSSR count). The predicted octanol–water partition coefficient (Wildman–Crippen LogP) is 5.16. The van der Waals surface area contributed by atoms with Crippen LogP contribution >= 0.6 is 8.69 Å². The molecular formula is C19H23O3P. The first kappa shape index (κ1) is 19.1. The van der Waals surface area contributed by atoms with Crippen LogP contribution in [0.3, 0.4) is 0 Å². The van der Waals surface area contributed by atoms with E-state index in [1.165, 1.54) is 0 Å². The summed E-state index contributed by atoms with van der Waals surface area (Å²) in [4.78, 5) is 0. The largest absolute Gasteiger partial charge is 0.489 e. The van der Waals surface area contributed by atoms with Crippen molar-refractivity contribution in [2.45, 2.75) is 25.9 Å². The molecule has 0 aliphatic heterocycles. The first-order valence-corrected chi connectivity index (χ1v) is 8.13. The summed E-state index contributed by atoms with van der Waals surface area (Å²) in [6.07, 6.45) is 9.25. The van der Waals surface area contributed by atoms with E-state index in [0.29, 0.717) is 25.9 Å². The van der Waals surface area contributed by atoms with Crippen LogP contribution in [0.25, 0.3) is 0 Å². The van der Waals surface area contributed by atoms with Gasteiger partial charge in [0.25, 0.3) is 0 Å². The fourth-order valence-corrected chi connectivity index (χ4v) is 2.69. The minimum Gasteiger partial charge on any atom is -0.489 e. The summed E-state index contributed by atoms with van der Waals surface area (Å²) < 4.78 is 21.6. The smallest absolute Gasteiger partial charge is 0.327 e. The van der Waals surface area contributed by atoms with Gasteiger partial charge in [-0.25, -0.2) is 4.57 Å². The van der Waals surface area contributed by atoms with Crippen molar-refractivity contribution < 1.29 is 13.8 Å². The third kappa shape index (κ3) is 5.31. The Morgan fingerprint density at radius 2 is 1.57 bits per heavy atom. The van der Waals surface area contributed by atoms with Crippen molar-refractivity contribution in [3.05, 3.63) is 78.9 Å². The number of allylic oxidation sites excluding steroid dienone is 3. The molecular weight excluding hydrogens is 307 g/mol. The minimum absolute atomic E-state index is 0.268. The van der Waals surface area contributed by atoms with Crippen LogP contribution in [0.15, 0.2) is 56.7 Å². The summed E-state index contributed by atoms with van der Waals surface area (Å²) >= 11 is 0. The third-order valence-electron chi connectivity index (χ3n) is 3.35. The van der Waals surface area contributed by atoms with Crippen LogP contribution in [-0.4, -0.2) is 6.61 Å². The van der Waals surface area contributed by atoms with Crippen molar-refractivity contribution in [2.24, 2.45) is 0 Å². The molecule has 0 saturated carbocycles. The van der Waals surface area contributed by atoms with E-state index in [4.69, 9.17) is 9.26 Å². The summed E-state index contributed by atoms with van der Waals surface area (Å²) in [5.41, 5.74) is 4.14. The zero-order valence-corrected chi connectivity index (χ0v) is 14.3. The van der Waals surface area contributed by atoms with E-state index >= 15 is 0 Å². The number of benzene rings is 1. The third-order valence-corrected chi connectivity index (χ3v) is 3.58. The first-order chi connectivity index (χ1) is 11.2. The number of rotatable bonds is 12. The van der Waals surface area contributed by atoms with Crippen LogP contribution in [0.5, 0.6) is 5.75 Å². The molecule has 0 atom stereocenters. The van der Waals surface area contributed by atoms with E-state index in [2.05, 4.69) is 26.3 Å². The molecule has 3 nitrogen and oxygen atoms in total. The molecule has 0 spiro atoms. The first-order valence-electron chi connectivity index (χ1n) is 7.40. The molecule has 0 aliphatic carbocycles. The van der Waals surface area contributed by atoms with E-state index in [1.807, 2.05) is 24.3 Å².